The van der Waals surface area contributed by atoms with Crippen LogP contribution in [0.5, 0.6) is 0 Å². The first-order valence-electron chi connectivity index (χ1n) is 8.97. The minimum Gasteiger partial charge on any atom is -0.363 e. The largest absolute Gasteiger partial charge is 0.363 e. The van der Waals surface area contributed by atoms with Crippen molar-refractivity contribution in [2.45, 2.75) is 44.7 Å². The molecule has 1 aromatic heterocycles. The molecule has 0 unspecified atom stereocenters. The summed E-state index contributed by atoms with van der Waals surface area (Å²) in [7, 11) is 0. The number of hydrogen-bond acceptors (Lipinski definition) is 3. The van der Waals surface area contributed by atoms with E-state index in [-0.39, 0.29) is 5.91 Å². The number of nitrogens with zero attached hydrogens (tertiary/aromatic N) is 3. The van der Waals surface area contributed by atoms with Gasteiger partial charge in [0.1, 0.15) is 0 Å². The highest BCUT2D eigenvalue weighted by Crippen LogP contribution is 2.30. The van der Waals surface area contributed by atoms with Crippen LogP contribution in [0.4, 0.5) is 5.69 Å². The zero-order valence-electron chi connectivity index (χ0n) is 13.9. The lowest BCUT2D eigenvalue weighted by Crippen LogP contribution is -2.31. The molecule has 24 heavy (non-hydrogen) atoms. The van der Waals surface area contributed by atoms with Crippen LogP contribution in [0.3, 0.4) is 0 Å². The first kappa shape index (κ1) is 15.2. The van der Waals surface area contributed by atoms with Crippen LogP contribution < -0.4 is 10.2 Å². The maximum absolute atomic E-state index is 12.2. The molecule has 0 saturated heterocycles. The van der Waals surface area contributed by atoms with E-state index in [1.807, 2.05) is 30.5 Å². The van der Waals surface area contributed by atoms with Gasteiger partial charge in [0, 0.05) is 25.0 Å². The Hall–Kier alpha value is -2.30. The molecule has 1 saturated carbocycles. The van der Waals surface area contributed by atoms with Crippen LogP contribution in [0, 0.1) is 0 Å². The lowest BCUT2D eigenvalue weighted by molar-refractivity contribution is 0.0958. The van der Waals surface area contributed by atoms with Gasteiger partial charge in [0.2, 0.25) is 0 Å². The second-order valence-corrected chi connectivity index (χ2v) is 6.75. The van der Waals surface area contributed by atoms with Crippen molar-refractivity contribution in [2.24, 2.45) is 0 Å². The number of benzene rings is 1. The van der Waals surface area contributed by atoms with Gasteiger partial charge >= 0.3 is 0 Å². The van der Waals surface area contributed by atoms with Crippen molar-refractivity contribution in [3.63, 3.8) is 0 Å². The number of para-hydroxylation sites is 1. The van der Waals surface area contributed by atoms with Gasteiger partial charge in [-0.15, -0.1) is 0 Å². The fourth-order valence-electron chi connectivity index (χ4n) is 3.94. The van der Waals surface area contributed by atoms with Crippen LogP contribution in [0.25, 0.3) is 0 Å². The molecule has 1 aromatic carbocycles. The quantitative estimate of drug-likeness (QED) is 0.943. The summed E-state index contributed by atoms with van der Waals surface area (Å²) >= 11 is 0. The van der Waals surface area contributed by atoms with Crippen molar-refractivity contribution in [1.82, 2.24) is 15.1 Å². The number of fused-ring (bicyclic) bond motifs is 1. The smallest absolute Gasteiger partial charge is 0.253 e. The molecule has 126 valence electrons. The second kappa shape index (κ2) is 6.67. The third-order valence-corrected chi connectivity index (χ3v) is 5.18. The zero-order chi connectivity index (χ0) is 16.4. The lowest BCUT2D eigenvalue weighted by Gasteiger charge is -2.28. The Morgan fingerprint density at radius 1 is 1.12 bits per heavy atom. The number of hydrogen-bond donors (Lipinski definition) is 1. The minimum atomic E-state index is 0.0221. The number of nitrogens with one attached hydrogen (secondary N) is 1. The predicted molar refractivity (Wildman–Crippen MR) is 94.2 cm³/mol. The lowest BCUT2D eigenvalue weighted by atomic mass is 9.95. The van der Waals surface area contributed by atoms with Gasteiger partial charge < -0.3 is 10.2 Å². The Balaban J connectivity index is 1.60. The molecule has 5 nitrogen and oxygen atoms in total. The van der Waals surface area contributed by atoms with Gasteiger partial charge in [-0.25, -0.2) is 0 Å². The van der Waals surface area contributed by atoms with Gasteiger partial charge in [-0.1, -0.05) is 31.4 Å². The van der Waals surface area contributed by atoms with E-state index in [9.17, 15) is 4.79 Å². The topological polar surface area (TPSA) is 50.2 Å². The predicted octanol–water partition coefficient (Wildman–Crippen LogP) is 3.14. The maximum Gasteiger partial charge on any atom is 0.253 e. The first-order chi connectivity index (χ1) is 11.8. The molecule has 1 N–H and O–H groups in total. The van der Waals surface area contributed by atoms with E-state index in [4.69, 9.17) is 0 Å². The molecule has 1 aliphatic heterocycles. The number of anilines is 1. The molecular weight excluding hydrogens is 300 g/mol. The standard InChI is InChI=1S/C19H24N4O/c24-19-17-8-4-5-9-18(17)22(13-12-20-19)14-16-10-11-21-23(16)15-6-2-1-3-7-15/h4-5,8-11,15H,1-3,6-7,12-14H2,(H,20,24). The highest BCUT2D eigenvalue weighted by molar-refractivity contribution is 6.00. The van der Waals surface area contributed by atoms with Crippen LogP contribution in [-0.4, -0.2) is 28.8 Å². The molecule has 2 aliphatic rings. The summed E-state index contributed by atoms with van der Waals surface area (Å²) in [6.07, 6.45) is 8.32. The normalized spacial score (nSPS) is 18.8. The van der Waals surface area contributed by atoms with Gasteiger partial charge in [-0.05, 0) is 31.0 Å². The van der Waals surface area contributed by atoms with E-state index in [0.717, 1.165) is 24.3 Å². The summed E-state index contributed by atoms with van der Waals surface area (Å²) in [5.74, 6) is 0.0221. The minimum absolute atomic E-state index is 0.0221. The van der Waals surface area contributed by atoms with E-state index in [1.54, 1.807) is 0 Å². The van der Waals surface area contributed by atoms with Crippen molar-refractivity contribution >= 4 is 11.6 Å². The molecule has 0 spiro atoms. The zero-order valence-corrected chi connectivity index (χ0v) is 13.9. The summed E-state index contributed by atoms with van der Waals surface area (Å²) in [4.78, 5) is 14.5. The molecule has 1 amide bonds. The highest BCUT2D eigenvalue weighted by atomic mass is 16.1. The summed E-state index contributed by atoms with van der Waals surface area (Å²) in [6, 6.07) is 10.5. The van der Waals surface area contributed by atoms with Crippen LogP contribution >= 0.6 is 0 Å². The van der Waals surface area contributed by atoms with Gasteiger partial charge in [-0.3, -0.25) is 9.48 Å². The van der Waals surface area contributed by atoms with Crippen LogP contribution in [0.1, 0.15) is 54.2 Å². The SMILES string of the molecule is O=C1NCCN(Cc2ccnn2C2CCCCC2)c2ccccc21. The van der Waals surface area contributed by atoms with E-state index < -0.39 is 0 Å². The van der Waals surface area contributed by atoms with Gasteiger partial charge in [-0.2, -0.15) is 5.10 Å². The Morgan fingerprint density at radius 2 is 1.96 bits per heavy atom. The van der Waals surface area contributed by atoms with Crippen LogP contribution in [-0.2, 0) is 6.54 Å². The number of carbonyl (C=O) groups is 1. The van der Waals surface area contributed by atoms with E-state index >= 15 is 0 Å². The highest BCUT2D eigenvalue weighted by Gasteiger charge is 2.23. The van der Waals surface area contributed by atoms with Gasteiger partial charge in [0.25, 0.3) is 5.91 Å². The van der Waals surface area contributed by atoms with Crippen molar-refractivity contribution in [3.8, 4) is 0 Å². The van der Waals surface area contributed by atoms with E-state index in [1.165, 1.54) is 37.8 Å². The summed E-state index contributed by atoms with van der Waals surface area (Å²) in [5.41, 5.74) is 3.02. The Morgan fingerprint density at radius 3 is 2.83 bits per heavy atom. The molecule has 1 aliphatic carbocycles. The average molecular weight is 324 g/mol. The fourth-order valence-corrected chi connectivity index (χ4v) is 3.94. The number of aromatic nitrogens is 2. The van der Waals surface area contributed by atoms with Crippen molar-refractivity contribution in [1.29, 1.82) is 0 Å². The van der Waals surface area contributed by atoms with Crippen molar-refractivity contribution in [2.75, 3.05) is 18.0 Å². The van der Waals surface area contributed by atoms with Crippen molar-refractivity contribution < 1.29 is 4.79 Å². The average Bonchev–Trinajstić information content (AvgIpc) is 3.03. The van der Waals surface area contributed by atoms with E-state index in [0.29, 0.717) is 12.6 Å². The molecule has 4 rings (SSSR count). The molecule has 2 aromatic rings. The molecule has 0 bridgehead atoms. The fraction of sp³-hybridized carbons (Fsp3) is 0.474. The summed E-state index contributed by atoms with van der Waals surface area (Å²) < 4.78 is 2.22. The molecule has 0 radical (unpaired) electrons. The van der Waals surface area contributed by atoms with Crippen LogP contribution in [0.2, 0.25) is 0 Å². The monoisotopic (exact) mass is 324 g/mol. The molecule has 1 fully saturated rings. The number of carbonyl (C=O) groups excluding carboxylic acids is 1. The molecule has 5 heteroatoms. The molecule has 2 heterocycles. The van der Waals surface area contributed by atoms with E-state index in [2.05, 4.69) is 26.1 Å². The van der Waals surface area contributed by atoms with Crippen LogP contribution in [0.15, 0.2) is 36.5 Å². The number of rotatable bonds is 3. The second-order valence-electron chi connectivity index (χ2n) is 6.75. The summed E-state index contributed by atoms with van der Waals surface area (Å²) in [5, 5.41) is 7.59. The third kappa shape index (κ3) is 2.90. The Labute approximate surface area is 142 Å². The van der Waals surface area contributed by atoms with Crippen molar-refractivity contribution in [3.05, 3.63) is 47.8 Å². The van der Waals surface area contributed by atoms with Gasteiger partial charge in [0.15, 0.2) is 0 Å². The maximum atomic E-state index is 12.2. The van der Waals surface area contributed by atoms with Gasteiger partial charge in [0.05, 0.1) is 23.8 Å². The third-order valence-electron chi connectivity index (χ3n) is 5.18. The molecular formula is C19H24N4O. The number of amides is 1. The Kier molecular flexibility index (Phi) is 4.24. The Bertz CT molecular complexity index is 718. The summed E-state index contributed by atoms with van der Waals surface area (Å²) in [6.45, 7) is 2.28. The molecule has 0 atom stereocenters. The first-order valence-corrected chi connectivity index (χ1v) is 8.97.